The van der Waals surface area contributed by atoms with Gasteiger partial charge < -0.3 is 4.79 Å². The Balaban J connectivity index is 2.86. The second-order valence-electron chi connectivity index (χ2n) is 2.62. The van der Waals surface area contributed by atoms with Gasteiger partial charge in [-0.2, -0.15) is 0 Å². The summed E-state index contributed by atoms with van der Waals surface area (Å²) in [7, 11) is 0. The van der Waals surface area contributed by atoms with E-state index in [1.165, 1.54) is 12.1 Å². The van der Waals surface area contributed by atoms with E-state index in [1.54, 1.807) is 19.1 Å². The average Bonchev–Trinajstić information content (AvgIpc) is 2.11. The third-order valence-corrected chi connectivity index (χ3v) is 1.52. The minimum atomic E-state index is -0.368. The Bertz CT molecular complexity index is 334. The van der Waals surface area contributed by atoms with Crippen LogP contribution in [0.2, 0.25) is 0 Å². The minimum Gasteiger partial charge on any atom is -0.303 e. The van der Waals surface area contributed by atoms with Gasteiger partial charge in [0.05, 0.1) is 5.69 Å². The molecule has 1 aromatic rings. The van der Waals surface area contributed by atoms with E-state index in [0.717, 1.165) is 12.0 Å². The van der Waals surface area contributed by atoms with E-state index in [2.05, 4.69) is 4.98 Å². The number of aryl methyl sites for hydroxylation is 1. The Morgan fingerprint density at radius 3 is 3.00 bits per heavy atom. The molecule has 13 heavy (non-hydrogen) atoms. The normalized spacial score (nSPS) is 10.6. The van der Waals surface area contributed by atoms with Crippen LogP contribution in [-0.2, 0) is 4.79 Å². The maximum atomic E-state index is 13.0. The molecule has 0 N–H and O–H groups in total. The van der Waals surface area contributed by atoms with Crippen molar-refractivity contribution in [3.63, 3.8) is 0 Å². The smallest absolute Gasteiger partial charge is 0.148 e. The van der Waals surface area contributed by atoms with Gasteiger partial charge in [-0.25, -0.2) is 4.39 Å². The van der Waals surface area contributed by atoms with Crippen molar-refractivity contribution >= 4 is 12.4 Å². The maximum absolute atomic E-state index is 13.0. The fraction of sp³-hybridized carbons (Fsp3) is 0.200. The van der Waals surface area contributed by atoms with E-state index < -0.39 is 0 Å². The first-order valence-corrected chi connectivity index (χ1v) is 3.97. The molecule has 0 unspecified atom stereocenters. The van der Waals surface area contributed by atoms with Crippen LogP contribution in [0, 0.1) is 12.7 Å². The summed E-state index contributed by atoms with van der Waals surface area (Å²) in [6.45, 7) is 1.79. The van der Waals surface area contributed by atoms with Crippen LogP contribution in [0.15, 0.2) is 18.2 Å². The zero-order valence-electron chi connectivity index (χ0n) is 7.33. The van der Waals surface area contributed by atoms with Gasteiger partial charge in [0.1, 0.15) is 12.1 Å². The number of allylic oxidation sites excluding steroid dienone is 1. The van der Waals surface area contributed by atoms with Gasteiger partial charge in [-0.3, -0.25) is 4.98 Å². The highest BCUT2D eigenvalue weighted by molar-refractivity contribution is 5.56. The Hall–Kier alpha value is -1.51. The Morgan fingerprint density at radius 2 is 2.31 bits per heavy atom. The summed E-state index contributed by atoms with van der Waals surface area (Å²) >= 11 is 0. The molecule has 0 aliphatic heterocycles. The molecule has 1 heterocycles. The summed E-state index contributed by atoms with van der Waals surface area (Å²) in [5.41, 5.74) is 1.04. The summed E-state index contributed by atoms with van der Waals surface area (Å²) in [4.78, 5) is 13.9. The van der Waals surface area contributed by atoms with Crippen LogP contribution in [0.1, 0.15) is 17.8 Å². The van der Waals surface area contributed by atoms with Crippen LogP contribution < -0.4 is 0 Å². The number of carbonyl (C=O) groups excluding carboxylic acids is 1. The van der Waals surface area contributed by atoms with Crippen molar-refractivity contribution in [2.75, 3.05) is 0 Å². The molecule has 3 heteroatoms. The molecule has 1 rings (SSSR count). The van der Waals surface area contributed by atoms with Crippen molar-refractivity contribution in [1.29, 1.82) is 0 Å². The summed E-state index contributed by atoms with van der Waals surface area (Å²) < 4.78 is 13.0. The molecule has 2 nitrogen and oxygen atoms in total. The zero-order chi connectivity index (χ0) is 9.68. The number of nitrogens with zero attached hydrogens (tertiary/aromatic N) is 1. The molecule has 0 fully saturated rings. The number of hydrogen-bond acceptors (Lipinski definition) is 2. The van der Waals surface area contributed by atoms with Gasteiger partial charge in [0.2, 0.25) is 0 Å². The first-order valence-electron chi connectivity index (χ1n) is 3.97. The summed E-state index contributed by atoms with van der Waals surface area (Å²) in [6, 6.07) is 2.97. The molecule has 0 amide bonds. The van der Waals surface area contributed by atoms with E-state index in [1.807, 2.05) is 0 Å². The molecule has 68 valence electrons. The average molecular weight is 179 g/mol. The molecule has 0 aromatic carbocycles. The second kappa shape index (κ2) is 4.50. The lowest BCUT2D eigenvalue weighted by atomic mass is 10.2. The van der Waals surface area contributed by atoms with Crippen LogP contribution in [0.4, 0.5) is 4.39 Å². The predicted octanol–water partition coefficient (Wildman–Crippen LogP) is 2.13. The van der Waals surface area contributed by atoms with Crippen molar-refractivity contribution in [2.24, 2.45) is 0 Å². The standard InChI is InChI=1S/C10H10FNO/c1-8-5-6-9(11)10(12-8)4-2-3-7-13/h2,4-7H,3H2,1H3. The quantitative estimate of drug-likeness (QED) is 0.665. The minimum absolute atomic E-state index is 0.279. The first-order chi connectivity index (χ1) is 6.24. The molecule has 0 radical (unpaired) electrons. The molecular weight excluding hydrogens is 169 g/mol. The summed E-state index contributed by atoms with van der Waals surface area (Å²) in [5.74, 6) is -0.368. The number of pyridine rings is 1. The number of rotatable bonds is 3. The third-order valence-electron chi connectivity index (χ3n) is 1.52. The monoisotopic (exact) mass is 179 g/mol. The highest BCUT2D eigenvalue weighted by Gasteiger charge is 1.98. The lowest BCUT2D eigenvalue weighted by molar-refractivity contribution is -0.107. The highest BCUT2D eigenvalue weighted by Crippen LogP contribution is 2.07. The molecular formula is C10H10FNO. The second-order valence-corrected chi connectivity index (χ2v) is 2.62. The molecule has 0 aliphatic rings. The SMILES string of the molecule is Cc1ccc(F)c(C=CCC=O)n1. The van der Waals surface area contributed by atoms with Gasteiger partial charge in [-0.05, 0) is 25.1 Å². The highest BCUT2D eigenvalue weighted by atomic mass is 19.1. The summed E-state index contributed by atoms with van der Waals surface area (Å²) in [5, 5.41) is 0. The van der Waals surface area contributed by atoms with E-state index in [4.69, 9.17) is 0 Å². The van der Waals surface area contributed by atoms with E-state index in [-0.39, 0.29) is 17.9 Å². The van der Waals surface area contributed by atoms with Crippen molar-refractivity contribution in [1.82, 2.24) is 4.98 Å². The predicted molar refractivity (Wildman–Crippen MR) is 48.6 cm³/mol. The number of halogens is 1. The van der Waals surface area contributed by atoms with Gasteiger partial charge in [-0.1, -0.05) is 6.08 Å². The fourth-order valence-electron chi connectivity index (χ4n) is 0.912. The topological polar surface area (TPSA) is 30.0 Å². The van der Waals surface area contributed by atoms with E-state index in [9.17, 15) is 9.18 Å². The third kappa shape index (κ3) is 2.78. The molecule has 0 saturated heterocycles. The number of aromatic nitrogens is 1. The van der Waals surface area contributed by atoms with Crippen molar-refractivity contribution < 1.29 is 9.18 Å². The lowest BCUT2D eigenvalue weighted by Crippen LogP contribution is -1.89. The van der Waals surface area contributed by atoms with Crippen LogP contribution >= 0.6 is 0 Å². The Morgan fingerprint density at radius 1 is 1.54 bits per heavy atom. The van der Waals surface area contributed by atoms with E-state index >= 15 is 0 Å². The molecule has 0 aliphatic carbocycles. The van der Waals surface area contributed by atoms with Gasteiger partial charge in [0.15, 0.2) is 0 Å². The molecule has 0 bridgehead atoms. The maximum Gasteiger partial charge on any atom is 0.148 e. The van der Waals surface area contributed by atoms with Crippen molar-refractivity contribution in [3.8, 4) is 0 Å². The van der Waals surface area contributed by atoms with Crippen LogP contribution in [0.5, 0.6) is 0 Å². The Kier molecular flexibility index (Phi) is 3.31. The summed E-state index contributed by atoms with van der Waals surface area (Å²) in [6.07, 6.45) is 4.13. The molecule has 1 aromatic heterocycles. The van der Waals surface area contributed by atoms with Crippen LogP contribution in [0.25, 0.3) is 6.08 Å². The van der Waals surface area contributed by atoms with Gasteiger partial charge in [-0.15, -0.1) is 0 Å². The molecule has 0 spiro atoms. The van der Waals surface area contributed by atoms with Crippen LogP contribution in [-0.4, -0.2) is 11.3 Å². The number of hydrogen-bond donors (Lipinski definition) is 0. The first kappa shape index (κ1) is 9.58. The number of aldehydes is 1. The van der Waals surface area contributed by atoms with Gasteiger partial charge >= 0.3 is 0 Å². The largest absolute Gasteiger partial charge is 0.303 e. The lowest BCUT2D eigenvalue weighted by Gasteiger charge is -1.96. The zero-order valence-corrected chi connectivity index (χ0v) is 7.33. The van der Waals surface area contributed by atoms with Crippen LogP contribution in [0.3, 0.4) is 0 Å². The van der Waals surface area contributed by atoms with Gasteiger partial charge in [0.25, 0.3) is 0 Å². The molecule has 0 atom stereocenters. The molecule has 0 saturated carbocycles. The van der Waals surface area contributed by atoms with Crippen molar-refractivity contribution in [2.45, 2.75) is 13.3 Å². The number of carbonyl (C=O) groups is 1. The fourth-order valence-corrected chi connectivity index (χ4v) is 0.912. The van der Waals surface area contributed by atoms with Crippen molar-refractivity contribution in [3.05, 3.63) is 35.4 Å². The van der Waals surface area contributed by atoms with E-state index in [0.29, 0.717) is 0 Å². The Labute approximate surface area is 76.1 Å². The van der Waals surface area contributed by atoms with Gasteiger partial charge in [0, 0.05) is 12.1 Å².